The predicted molar refractivity (Wildman–Crippen MR) is 127 cm³/mol. The number of thioether (sulfide) groups is 1. The second kappa shape index (κ2) is 15.3. The molecule has 3 rings (SSSR count). The van der Waals surface area contributed by atoms with Crippen molar-refractivity contribution < 1.29 is 9.53 Å². The number of nitriles is 1. The summed E-state index contributed by atoms with van der Waals surface area (Å²) in [5.74, 6) is 1.94. The number of nitrogens with zero attached hydrogens (tertiary/aromatic N) is 1. The molecule has 0 aromatic rings. The van der Waals surface area contributed by atoms with E-state index in [1.165, 1.54) is 44.3 Å². The molecular weight excluding hydrogens is 390 g/mol. The quantitative estimate of drug-likeness (QED) is 0.223. The Kier molecular flexibility index (Phi) is 13.1. The van der Waals surface area contributed by atoms with Crippen LogP contribution in [0.5, 0.6) is 0 Å². The number of hydrogen-bond acceptors (Lipinski definition) is 4. The topological polar surface area (TPSA) is 50.1 Å². The van der Waals surface area contributed by atoms with Crippen molar-refractivity contribution in [3.8, 4) is 6.07 Å². The van der Waals surface area contributed by atoms with Gasteiger partial charge in [-0.05, 0) is 56.6 Å². The van der Waals surface area contributed by atoms with Crippen LogP contribution in [0.3, 0.4) is 0 Å². The number of fused-ring (bicyclic) bond motifs is 3. The van der Waals surface area contributed by atoms with E-state index in [2.05, 4.69) is 19.9 Å². The maximum atomic E-state index is 12.7. The summed E-state index contributed by atoms with van der Waals surface area (Å²) in [5.41, 5.74) is 0. The molecule has 3 aliphatic rings. The third-order valence-corrected chi connectivity index (χ3v) is 8.20. The zero-order valence-electron chi connectivity index (χ0n) is 19.2. The Labute approximate surface area is 190 Å². The van der Waals surface area contributed by atoms with E-state index in [0.717, 1.165) is 63.9 Å². The average Bonchev–Trinajstić information content (AvgIpc) is 2.78. The molecule has 1 saturated carbocycles. The van der Waals surface area contributed by atoms with Gasteiger partial charge in [0.05, 0.1) is 12.2 Å². The van der Waals surface area contributed by atoms with Crippen molar-refractivity contribution in [1.82, 2.24) is 0 Å². The summed E-state index contributed by atoms with van der Waals surface area (Å²) in [4.78, 5) is 12.7. The summed E-state index contributed by atoms with van der Waals surface area (Å²) >= 11 is 2.03. The molecule has 2 radical (unpaired) electrons. The van der Waals surface area contributed by atoms with Gasteiger partial charge in [-0.25, -0.2) is 0 Å². The van der Waals surface area contributed by atoms with Crippen LogP contribution in [0, 0.1) is 36.2 Å². The lowest BCUT2D eigenvalue weighted by molar-refractivity contribution is -0.134. The van der Waals surface area contributed by atoms with E-state index in [9.17, 15) is 10.1 Å². The molecule has 0 aromatic heterocycles. The highest BCUT2D eigenvalue weighted by Gasteiger charge is 2.46. The molecule has 0 spiro atoms. The van der Waals surface area contributed by atoms with Gasteiger partial charge in [0.25, 0.3) is 0 Å². The lowest BCUT2D eigenvalue weighted by Crippen LogP contribution is -2.46. The molecule has 4 heteroatoms. The fourth-order valence-corrected chi connectivity index (χ4v) is 6.13. The van der Waals surface area contributed by atoms with E-state index in [1.54, 1.807) is 0 Å². The molecule has 3 fully saturated rings. The Morgan fingerprint density at radius 1 is 1.13 bits per heavy atom. The zero-order valence-corrected chi connectivity index (χ0v) is 20.0. The lowest BCUT2D eigenvalue weighted by Gasteiger charge is -2.45. The number of hydrogen-bond donors (Lipinski definition) is 0. The average molecular weight is 434 g/mol. The van der Waals surface area contributed by atoms with Gasteiger partial charge in [-0.1, -0.05) is 65.2 Å². The van der Waals surface area contributed by atoms with Crippen LogP contribution in [0.2, 0.25) is 0 Å². The highest BCUT2D eigenvalue weighted by atomic mass is 32.2. The summed E-state index contributed by atoms with van der Waals surface area (Å²) in [6.45, 7) is 6.10. The van der Waals surface area contributed by atoms with E-state index in [4.69, 9.17) is 4.74 Å². The van der Waals surface area contributed by atoms with Gasteiger partial charge in [0.1, 0.15) is 0 Å². The standard InChI is InChI=1S/C26H43NO2S/c1-3-5-6-7-8-9-10-13-21(20-27)14-11-12-15-23(28)26-22-16-17-24(29-26)25(19-22)30-18-4-2/h21-22,24-25H,1,3-19H2,2H3. The normalized spacial score (nSPS) is 24.6. The van der Waals surface area contributed by atoms with Gasteiger partial charge in [-0.2, -0.15) is 17.0 Å². The molecule has 170 valence electrons. The molecule has 3 nitrogen and oxygen atoms in total. The zero-order chi connectivity index (χ0) is 21.6. The molecule has 1 aliphatic carbocycles. The molecule has 2 aliphatic heterocycles. The Morgan fingerprint density at radius 2 is 1.83 bits per heavy atom. The predicted octanol–water partition coefficient (Wildman–Crippen LogP) is 7.45. The van der Waals surface area contributed by atoms with Crippen LogP contribution in [-0.2, 0) is 9.53 Å². The van der Waals surface area contributed by atoms with Crippen LogP contribution < -0.4 is 0 Å². The van der Waals surface area contributed by atoms with Crippen molar-refractivity contribution in [2.24, 2.45) is 11.8 Å². The third-order valence-electron chi connectivity index (χ3n) is 6.63. The minimum atomic E-state index is 0.158. The Bertz CT molecular complexity index is 518. The van der Waals surface area contributed by atoms with Crippen molar-refractivity contribution in [3.63, 3.8) is 0 Å². The van der Waals surface area contributed by atoms with Crippen molar-refractivity contribution in [2.75, 3.05) is 5.75 Å². The molecule has 2 saturated heterocycles. The van der Waals surface area contributed by atoms with Gasteiger partial charge >= 0.3 is 0 Å². The number of carbonyl (C=O) groups excluding carboxylic acids is 1. The highest BCUT2D eigenvalue weighted by Crippen LogP contribution is 2.46. The second-order valence-corrected chi connectivity index (χ2v) is 10.5. The molecule has 4 unspecified atom stereocenters. The number of carbonyl (C=O) groups is 1. The first-order valence-electron chi connectivity index (χ1n) is 12.6. The molecule has 0 amide bonds. The first kappa shape index (κ1) is 25.7. The summed E-state index contributed by atoms with van der Waals surface area (Å²) in [7, 11) is 0. The number of unbranched alkanes of at least 4 members (excludes halogenated alkanes) is 7. The number of rotatable bonds is 17. The van der Waals surface area contributed by atoms with Gasteiger partial charge < -0.3 is 4.74 Å². The van der Waals surface area contributed by atoms with E-state index in [1.807, 2.05) is 11.8 Å². The number of ether oxygens (including phenoxy) is 1. The fraction of sp³-hybridized carbons (Fsp3) is 0.846. The van der Waals surface area contributed by atoms with Crippen LogP contribution in [0.25, 0.3) is 0 Å². The van der Waals surface area contributed by atoms with E-state index in [-0.39, 0.29) is 17.8 Å². The van der Waals surface area contributed by atoms with E-state index < -0.39 is 0 Å². The van der Waals surface area contributed by atoms with Crippen LogP contribution in [0.1, 0.15) is 110 Å². The monoisotopic (exact) mass is 433 g/mol. The van der Waals surface area contributed by atoms with Crippen LogP contribution >= 0.6 is 11.8 Å². The molecular formula is C26H43NO2S. The molecule has 0 aromatic carbocycles. The largest absolute Gasteiger partial charge is 0.359 e. The third kappa shape index (κ3) is 8.91. The second-order valence-electron chi connectivity index (χ2n) is 9.20. The number of Topliss-reactive ketones (excluding diaryl/α,β-unsaturated/α-hetero) is 1. The van der Waals surface area contributed by atoms with Crippen molar-refractivity contribution in [1.29, 1.82) is 5.26 Å². The first-order valence-corrected chi connectivity index (χ1v) is 13.6. The van der Waals surface area contributed by atoms with Crippen molar-refractivity contribution >= 4 is 17.5 Å². The van der Waals surface area contributed by atoms with Crippen molar-refractivity contribution in [3.05, 3.63) is 13.0 Å². The van der Waals surface area contributed by atoms with Gasteiger partial charge in [-0.3, -0.25) is 4.79 Å². The van der Waals surface area contributed by atoms with Crippen LogP contribution in [0.15, 0.2) is 0 Å². The summed E-state index contributed by atoms with van der Waals surface area (Å²) in [5, 5.41) is 10.0. The maximum Gasteiger partial charge on any atom is 0.168 e. The van der Waals surface area contributed by atoms with E-state index >= 15 is 0 Å². The van der Waals surface area contributed by atoms with Gasteiger partial charge in [0.15, 0.2) is 11.9 Å². The molecule has 4 atom stereocenters. The van der Waals surface area contributed by atoms with Gasteiger partial charge in [-0.15, -0.1) is 0 Å². The molecule has 2 bridgehead atoms. The molecule has 0 N–H and O–H groups in total. The number of ketones is 1. The SMILES string of the molecule is [CH2]CCCCCCCCC(C#N)CCCCC(=O)[C]1OC2CCC1CC2SCCC. The minimum Gasteiger partial charge on any atom is -0.359 e. The molecule has 2 heterocycles. The van der Waals surface area contributed by atoms with Crippen molar-refractivity contribution in [2.45, 2.75) is 121 Å². The van der Waals surface area contributed by atoms with Gasteiger partial charge in [0.2, 0.25) is 0 Å². The van der Waals surface area contributed by atoms with Crippen LogP contribution in [-0.4, -0.2) is 22.9 Å². The van der Waals surface area contributed by atoms with E-state index in [0.29, 0.717) is 17.6 Å². The van der Waals surface area contributed by atoms with Gasteiger partial charge in [0, 0.05) is 17.6 Å². The lowest BCUT2D eigenvalue weighted by atomic mass is 9.78. The minimum absolute atomic E-state index is 0.158. The highest BCUT2D eigenvalue weighted by molar-refractivity contribution is 7.99. The summed E-state index contributed by atoms with van der Waals surface area (Å²) < 4.78 is 6.15. The molecule has 30 heavy (non-hydrogen) atoms. The Hall–Kier alpha value is -0.530. The smallest absolute Gasteiger partial charge is 0.168 e. The summed E-state index contributed by atoms with van der Waals surface area (Å²) in [6, 6.07) is 2.48. The Morgan fingerprint density at radius 3 is 2.47 bits per heavy atom. The Balaban J connectivity index is 1.55. The van der Waals surface area contributed by atoms with Crippen LogP contribution in [0.4, 0.5) is 0 Å². The fourth-order valence-electron chi connectivity index (χ4n) is 4.82. The maximum absolute atomic E-state index is 12.7. The first-order chi connectivity index (χ1) is 14.7. The summed E-state index contributed by atoms with van der Waals surface area (Å²) in [6.07, 6.45) is 18.6.